The molecule has 0 heterocycles. The standard InChI is InChI=1S/C11H18N2O4S2.ClH/c1-9(12-2)8-13-19(16,17)11-6-4-10(5-7-11)18(3,14)15;/h4-7,9,12-13H,8H2,1-3H3;1H. The predicted molar refractivity (Wildman–Crippen MR) is 80.5 cm³/mol. The Kier molecular flexibility index (Phi) is 7.12. The average Bonchev–Trinajstić information content (AvgIpc) is 2.35. The number of hydrogen-bond acceptors (Lipinski definition) is 5. The lowest BCUT2D eigenvalue weighted by Crippen LogP contribution is -2.37. The molecule has 0 aliphatic carbocycles. The second-order valence-electron chi connectivity index (χ2n) is 4.29. The molecule has 0 radical (unpaired) electrons. The van der Waals surface area contributed by atoms with Crippen molar-refractivity contribution in [2.24, 2.45) is 0 Å². The maximum Gasteiger partial charge on any atom is 0.240 e. The molecule has 1 aromatic rings. The van der Waals surface area contributed by atoms with E-state index in [0.717, 1.165) is 6.26 Å². The molecule has 6 nitrogen and oxygen atoms in total. The first-order valence-corrected chi connectivity index (χ1v) is 9.01. The Bertz CT molecular complexity index is 627. The Morgan fingerprint density at radius 3 is 1.90 bits per heavy atom. The number of sulfone groups is 1. The molecular formula is C11H19ClN2O4S2. The minimum Gasteiger partial charge on any atom is -0.316 e. The van der Waals surface area contributed by atoms with Gasteiger partial charge in [-0.15, -0.1) is 12.4 Å². The van der Waals surface area contributed by atoms with Gasteiger partial charge in [0.05, 0.1) is 9.79 Å². The predicted octanol–water partition coefficient (Wildman–Crippen LogP) is 0.398. The molecule has 0 aliphatic rings. The van der Waals surface area contributed by atoms with Crippen molar-refractivity contribution in [1.82, 2.24) is 10.0 Å². The Morgan fingerprint density at radius 1 is 1.05 bits per heavy atom. The summed E-state index contributed by atoms with van der Waals surface area (Å²) in [5.41, 5.74) is 0. The van der Waals surface area contributed by atoms with E-state index in [4.69, 9.17) is 0 Å². The van der Waals surface area contributed by atoms with Crippen LogP contribution in [0.3, 0.4) is 0 Å². The van der Waals surface area contributed by atoms with E-state index in [0.29, 0.717) is 0 Å². The molecule has 0 aromatic heterocycles. The van der Waals surface area contributed by atoms with E-state index in [1.807, 2.05) is 6.92 Å². The van der Waals surface area contributed by atoms with Crippen molar-refractivity contribution in [3.05, 3.63) is 24.3 Å². The van der Waals surface area contributed by atoms with Gasteiger partial charge in [-0.05, 0) is 38.2 Å². The third-order valence-corrected chi connectivity index (χ3v) is 5.20. The first-order valence-electron chi connectivity index (χ1n) is 5.64. The van der Waals surface area contributed by atoms with Crippen molar-refractivity contribution in [3.63, 3.8) is 0 Å². The van der Waals surface area contributed by atoms with Crippen molar-refractivity contribution in [1.29, 1.82) is 0 Å². The summed E-state index contributed by atoms with van der Waals surface area (Å²) in [6, 6.07) is 5.13. The van der Waals surface area contributed by atoms with Crippen LogP contribution in [0.25, 0.3) is 0 Å². The lowest BCUT2D eigenvalue weighted by Gasteiger charge is -2.12. The molecule has 0 bridgehead atoms. The molecule has 1 atom stereocenters. The van der Waals surface area contributed by atoms with Gasteiger partial charge >= 0.3 is 0 Å². The number of hydrogen-bond donors (Lipinski definition) is 2. The van der Waals surface area contributed by atoms with Gasteiger partial charge in [0.1, 0.15) is 0 Å². The average molecular weight is 343 g/mol. The van der Waals surface area contributed by atoms with Crippen molar-refractivity contribution >= 4 is 32.3 Å². The molecule has 1 aromatic carbocycles. The fourth-order valence-corrected chi connectivity index (χ4v) is 3.05. The van der Waals surface area contributed by atoms with Gasteiger partial charge in [0.2, 0.25) is 10.0 Å². The lowest BCUT2D eigenvalue weighted by molar-refractivity contribution is 0.554. The van der Waals surface area contributed by atoms with Crippen LogP contribution < -0.4 is 10.0 Å². The second-order valence-corrected chi connectivity index (χ2v) is 8.07. The molecule has 0 aliphatic heterocycles. The van der Waals surface area contributed by atoms with Crippen LogP contribution in [0.5, 0.6) is 0 Å². The summed E-state index contributed by atoms with van der Waals surface area (Å²) in [6.45, 7) is 2.10. The molecule has 0 amide bonds. The van der Waals surface area contributed by atoms with E-state index in [1.165, 1.54) is 24.3 Å². The van der Waals surface area contributed by atoms with Gasteiger partial charge in [-0.25, -0.2) is 21.6 Å². The third-order valence-electron chi connectivity index (χ3n) is 2.63. The van der Waals surface area contributed by atoms with E-state index < -0.39 is 19.9 Å². The fourth-order valence-electron chi connectivity index (χ4n) is 1.29. The molecule has 0 spiro atoms. The Morgan fingerprint density at radius 2 is 1.50 bits per heavy atom. The van der Waals surface area contributed by atoms with Crippen LogP contribution >= 0.6 is 12.4 Å². The smallest absolute Gasteiger partial charge is 0.240 e. The number of rotatable bonds is 6. The van der Waals surface area contributed by atoms with Crippen LogP contribution in [0, 0.1) is 0 Å². The van der Waals surface area contributed by atoms with E-state index in [9.17, 15) is 16.8 Å². The molecule has 2 N–H and O–H groups in total. The van der Waals surface area contributed by atoms with Crippen molar-refractivity contribution < 1.29 is 16.8 Å². The van der Waals surface area contributed by atoms with Gasteiger partial charge in [-0.2, -0.15) is 0 Å². The van der Waals surface area contributed by atoms with Gasteiger partial charge in [-0.1, -0.05) is 0 Å². The normalized spacial score (nSPS) is 13.6. The van der Waals surface area contributed by atoms with Gasteiger partial charge in [0.15, 0.2) is 9.84 Å². The minimum atomic E-state index is -3.61. The molecule has 9 heteroatoms. The number of likely N-dealkylation sites (N-methyl/N-ethyl adjacent to an activating group) is 1. The largest absolute Gasteiger partial charge is 0.316 e. The number of halogens is 1. The first-order chi connectivity index (χ1) is 8.66. The van der Waals surface area contributed by atoms with Gasteiger partial charge < -0.3 is 5.32 Å². The maximum absolute atomic E-state index is 11.9. The highest BCUT2D eigenvalue weighted by Gasteiger charge is 2.16. The van der Waals surface area contributed by atoms with Crippen LogP contribution in [0.15, 0.2) is 34.1 Å². The van der Waals surface area contributed by atoms with Crippen LogP contribution in [0.4, 0.5) is 0 Å². The Labute approximate surface area is 126 Å². The summed E-state index contributed by atoms with van der Waals surface area (Å²) < 4.78 is 48.8. The zero-order valence-electron chi connectivity index (χ0n) is 11.5. The second kappa shape index (κ2) is 7.37. The third kappa shape index (κ3) is 5.37. The highest BCUT2D eigenvalue weighted by molar-refractivity contribution is 7.90. The molecule has 1 unspecified atom stereocenters. The fraction of sp³-hybridized carbons (Fsp3) is 0.455. The SMILES string of the molecule is CNC(C)CNS(=O)(=O)c1ccc(S(C)(=O)=O)cc1.Cl. The molecule has 0 saturated carbocycles. The molecular weight excluding hydrogens is 324 g/mol. The highest BCUT2D eigenvalue weighted by atomic mass is 35.5. The van der Waals surface area contributed by atoms with E-state index in [1.54, 1.807) is 7.05 Å². The summed E-state index contributed by atoms with van der Waals surface area (Å²) in [5.74, 6) is 0. The van der Waals surface area contributed by atoms with E-state index in [2.05, 4.69) is 10.0 Å². The number of benzene rings is 1. The molecule has 116 valence electrons. The van der Waals surface area contributed by atoms with Gasteiger partial charge in [0, 0.05) is 18.8 Å². The monoisotopic (exact) mass is 342 g/mol. The summed E-state index contributed by atoms with van der Waals surface area (Å²) in [5, 5.41) is 2.91. The zero-order valence-corrected chi connectivity index (χ0v) is 13.9. The van der Waals surface area contributed by atoms with Crippen molar-refractivity contribution in [3.8, 4) is 0 Å². The molecule has 0 fully saturated rings. The number of nitrogens with one attached hydrogen (secondary N) is 2. The Balaban J connectivity index is 0.00000361. The summed E-state index contributed by atoms with van der Waals surface area (Å²) in [4.78, 5) is 0.137. The van der Waals surface area contributed by atoms with Crippen molar-refractivity contribution in [2.75, 3.05) is 19.8 Å². The lowest BCUT2D eigenvalue weighted by atomic mass is 10.4. The summed E-state index contributed by atoms with van der Waals surface area (Å²) in [7, 11) is -5.20. The first kappa shape index (κ1) is 19.3. The summed E-state index contributed by atoms with van der Waals surface area (Å²) in [6.07, 6.45) is 1.07. The van der Waals surface area contributed by atoms with Gasteiger partial charge in [0.25, 0.3) is 0 Å². The number of sulfonamides is 1. The quantitative estimate of drug-likeness (QED) is 0.780. The molecule has 1 rings (SSSR count). The molecule has 20 heavy (non-hydrogen) atoms. The molecule has 0 saturated heterocycles. The summed E-state index contributed by atoms with van der Waals surface area (Å²) >= 11 is 0. The van der Waals surface area contributed by atoms with Gasteiger partial charge in [-0.3, -0.25) is 0 Å². The van der Waals surface area contributed by atoms with Crippen LogP contribution in [-0.2, 0) is 19.9 Å². The van der Waals surface area contributed by atoms with Crippen molar-refractivity contribution in [2.45, 2.75) is 22.8 Å². The topological polar surface area (TPSA) is 92.3 Å². The maximum atomic E-state index is 11.9. The van der Waals surface area contributed by atoms with E-state index in [-0.39, 0.29) is 34.8 Å². The van der Waals surface area contributed by atoms with Crippen LogP contribution in [0.1, 0.15) is 6.92 Å². The highest BCUT2D eigenvalue weighted by Crippen LogP contribution is 2.14. The minimum absolute atomic E-state index is 0. The Hall–Kier alpha value is -0.670. The van der Waals surface area contributed by atoms with Crippen LogP contribution in [-0.4, -0.2) is 42.7 Å². The van der Waals surface area contributed by atoms with Crippen LogP contribution in [0.2, 0.25) is 0 Å². The van der Waals surface area contributed by atoms with E-state index >= 15 is 0 Å². The zero-order chi connectivity index (χ0) is 14.7.